The third kappa shape index (κ3) is 4.35. The Morgan fingerprint density at radius 2 is 1.84 bits per heavy atom. The second kappa shape index (κ2) is 9.64. The fourth-order valence-corrected chi connectivity index (χ4v) is 5.38. The van der Waals surface area contributed by atoms with E-state index < -0.39 is 0 Å². The summed E-state index contributed by atoms with van der Waals surface area (Å²) < 4.78 is 7.30. The second-order valence-corrected chi connectivity index (χ2v) is 9.92. The molecular weight excluding hydrogens is 496 g/mol. The van der Waals surface area contributed by atoms with E-state index in [1.54, 1.807) is 17.0 Å². The zero-order chi connectivity index (χ0) is 26.2. The SMILES string of the molecule is Cc1cccc(C)c1N=c1scc(-c2ccc3c(c2)NC(=O)CO3)n1N=Cc1c(O)ccc2ccccc12. The summed E-state index contributed by atoms with van der Waals surface area (Å²) in [6.45, 7) is 4.07. The van der Waals surface area contributed by atoms with Crippen molar-refractivity contribution in [2.75, 3.05) is 11.9 Å². The van der Waals surface area contributed by atoms with Crippen LogP contribution in [0.3, 0.4) is 0 Å². The Balaban J connectivity index is 1.55. The lowest BCUT2D eigenvalue weighted by Crippen LogP contribution is -2.25. The van der Waals surface area contributed by atoms with Crippen molar-refractivity contribution >= 4 is 45.6 Å². The molecule has 0 spiro atoms. The fourth-order valence-electron chi connectivity index (χ4n) is 4.54. The number of benzene rings is 4. The number of carbonyl (C=O) groups excluding carboxylic acids is 1. The van der Waals surface area contributed by atoms with Gasteiger partial charge in [-0.15, -0.1) is 11.3 Å². The molecule has 2 N–H and O–H groups in total. The van der Waals surface area contributed by atoms with Crippen LogP contribution in [0.4, 0.5) is 11.4 Å². The molecule has 5 aromatic rings. The number of aromatic hydroxyl groups is 1. The molecule has 1 aromatic heterocycles. The van der Waals surface area contributed by atoms with Crippen molar-refractivity contribution in [3.8, 4) is 22.8 Å². The third-order valence-electron chi connectivity index (χ3n) is 6.49. The van der Waals surface area contributed by atoms with Crippen LogP contribution in [0.2, 0.25) is 0 Å². The summed E-state index contributed by atoms with van der Waals surface area (Å²) in [5, 5.41) is 22.3. The summed E-state index contributed by atoms with van der Waals surface area (Å²) in [5.41, 5.74) is 5.89. The van der Waals surface area contributed by atoms with E-state index in [1.807, 2.05) is 86.0 Å². The minimum Gasteiger partial charge on any atom is -0.507 e. The number of hydrogen-bond acceptors (Lipinski definition) is 6. The minimum absolute atomic E-state index is 0.00240. The molecule has 0 bridgehead atoms. The van der Waals surface area contributed by atoms with Gasteiger partial charge in [0.05, 0.1) is 23.3 Å². The first-order valence-corrected chi connectivity index (χ1v) is 13.0. The third-order valence-corrected chi connectivity index (χ3v) is 7.31. The first-order valence-electron chi connectivity index (χ1n) is 12.1. The van der Waals surface area contributed by atoms with Crippen LogP contribution in [0.5, 0.6) is 11.5 Å². The zero-order valence-electron chi connectivity index (χ0n) is 20.8. The highest BCUT2D eigenvalue weighted by molar-refractivity contribution is 7.07. The van der Waals surface area contributed by atoms with Crippen molar-refractivity contribution in [1.29, 1.82) is 0 Å². The fraction of sp³-hybridized carbons (Fsp3) is 0.100. The molecule has 8 heteroatoms. The van der Waals surface area contributed by atoms with E-state index in [0.29, 0.717) is 21.8 Å². The van der Waals surface area contributed by atoms with Gasteiger partial charge in [-0.2, -0.15) is 5.10 Å². The van der Waals surface area contributed by atoms with Gasteiger partial charge >= 0.3 is 0 Å². The number of amides is 1. The Morgan fingerprint density at radius 1 is 1.03 bits per heavy atom. The average Bonchev–Trinajstić information content (AvgIpc) is 3.32. The quantitative estimate of drug-likeness (QED) is 0.279. The van der Waals surface area contributed by atoms with Crippen molar-refractivity contribution in [2.24, 2.45) is 10.1 Å². The number of carbonyl (C=O) groups is 1. The molecule has 6 rings (SSSR count). The van der Waals surface area contributed by atoms with E-state index >= 15 is 0 Å². The summed E-state index contributed by atoms with van der Waals surface area (Å²) in [6.07, 6.45) is 1.67. The minimum atomic E-state index is -0.192. The van der Waals surface area contributed by atoms with Gasteiger partial charge < -0.3 is 15.2 Å². The summed E-state index contributed by atoms with van der Waals surface area (Å²) >= 11 is 1.47. The van der Waals surface area contributed by atoms with Crippen molar-refractivity contribution in [3.63, 3.8) is 0 Å². The number of nitrogens with zero attached hydrogens (tertiary/aromatic N) is 3. The molecule has 0 atom stereocenters. The van der Waals surface area contributed by atoms with Gasteiger partial charge in [-0.05, 0) is 60.0 Å². The van der Waals surface area contributed by atoms with E-state index in [-0.39, 0.29) is 18.3 Å². The Labute approximate surface area is 223 Å². The number of nitrogens with one attached hydrogen (secondary N) is 1. The molecule has 7 nitrogen and oxygen atoms in total. The smallest absolute Gasteiger partial charge is 0.262 e. The Morgan fingerprint density at radius 3 is 2.68 bits per heavy atom. The normalized spacial score (nSPS) is 13.5. The van der Waals surface area contributed by atoms with Gasteiger partial charge in [-0.1, -0.05) is 48.5 Å². The van der Waals surface area contributed by atoms with Crippen LogP contribution in [0.15, 0.2) is 88.3 Å². The predicted molar refractivity (Wildman–Crippen MR) is 152 cm³/mol. The molecule has 38 heavy (non-hydrogen) atoms. The van der Waals surface area contributed by atoms with Crippen LogP contribution >= 0.6 is 11.3 Å². The molecule has 0 fully saturated rings. The number of phenols is 1. The number of fused-ring (bicyclic) bond motifs is 2. The lowest BCUT2D eigenvalue weighted by Gasteiger charge is -2.18. The number of anilines is 1. The van der Waals surface area contributed by atoms with Crippen LogP contribution in [0.25, 0.3) is 22.0 Å². The molecule has 0 unspecified atom stereocenters. The first kappa shape index (κ1) is 23.7. The summed E-state index contributed by atoms with van der Waals surface area (Å²) in [4.78, 5) is 17.6. The molecule has 4 aromatic carbocycles. The van der Waals surface area contributed by atoms with Gasteiger partial charge in [0.15, 0.2) is 6.61 Å². The number of ether oxygens (including phenoxy) is 1. The second-order valence-electron chi connectivity index (χ2n) is 9.08. The Kier molecular flexibility index (Phi) is 6.01. The molecular formula is C30H24N4O3S. The number of para-hydroxylation sites is 1. The highest BCUT2D eigenvalue weighted by Crippen LogP contribution is 2.33. The summed E-state index contributed by atoms with van der Waals surface area (Å²) in [6, 6.07) is 23.2. The molecule has 2 heterocycles. The van der Waals surface area contributed by atoms with E-state index in [4.69, 9.17) is 14.8 Å². The van der Waals surface area contributed by atoms with Gasteiger partial charge in [0.1, 0.15) is 11.5 Å². The summed E-state index contributed by atoms with van der Waals surface area (Å²) in [5.74, 6) is 0.578. The van der Waals surface area contributed by atoms with Gasteiger partial charge in [-0.25, -0.2) is 9.67 Å². The maximum atomic E-state index is 11.9. The number of thiazole rings is 1. The molecule has 0 saturated heterocycles. The standard InChI is InChI=1S/C30H24N4O3S/c1-18-6-5-7-19(2)29(18)33-30-34(31-15-23-22-9-4-3-8-20(22)10-12-26(23)35)25(17-38-30)21-11-13-27-24(14-21)32-28(36)16-37-27/h3-15,17,35H,16H2,1-2H3,(H,32,36). The lowest BCUT2D eigenvalue weighted by molar-refractivity contribution is -0.118. The molecule has 0 radical (unpaired) electrons. The number of aromatic nitrogens is 1. The molecule has 188 valence electrons. The van der Waals surface area contributed by atoms with E-state index in [2.05, 4.69) is 5.32 Å². The van der Waals surface area contributed by atoms with E-state index in [1.165, 1.54) is 11.3 Å². The maximum absolute atomic E-state index is 11.9. The number of rotatable bonds is 4. The first-order chi connectivity index (χ1) is 18.5. The van der Waals surface area contributed by atoms with Crippen LogP contribution in [0, 0.1) is 13.8 Å². The van der Waals surface area contributed by atoms with Crippen LogP contribution in [0.1, 0.15) is 16.7 Å². The van der Waals surface area contributed by atoms with Crippen molar-refractivity contribution in [3.05, 3.63) is 99.7 Å². The maximum Gasteiger partial charge on any atom is 0.262 e. The topological polar surface area (TPSA) is 88.2 Å². The largest absolute Gasteiger partial charge is 0.507 e. The monoisotopic (exact) mass is 520 g/mol. The number of phenolic OH excluding ortho intramolecular Hbond substituents is 1. The molecule has 0 saturated carbocycles. The lowest BCUT2D eigenvalue weighted by atomic mass is 10.0. The molecule has 1 amide bonds. The number of hydrogen-bond donors (Lipinski definition) is 2. The van der Waals surface area contributed by atoms with Gasteiger partial charge in [0.25, 0.3) is 5.91 Å². The molecule has 1 aliphatic heterocycles. The zero-order valence-corrected chi connectivity index (χ0v) is 21.6. The van der Waals surface area contributed by atoms with Gasteiger partial charge in [0.2, 0.25) is 4.80 Å². The highest BCUT2D eigenvalue weighted by Gasteiger charge is 2.18. The van der Waals surface area contributed by atoms with E-state index in [0.717, 1.165) is 38.8 Å². The van der Waals surface area contributed by atoms with Gasteiger partial charge in [0, 0.05) is 16.5 Å². The van der Waals surface area contributed by atoms with E-state index in [9.17, 15) is 9.90 Å². The Bertz CT molecular complexity index is 1800. The molecule has 1 aliphatic rings. The van der Waals surface area contributed by atoms with Crippen molar-refractivity contribution in [2.45, 2.75) is 13.8 Å². The Hall–Kier alpha value is -4.69. The van der Waals surface area contributed by atoms with Crippen molar-refractivity contribution < 1.29 is 14.6 Å². The predicted octanol–water partition coefficient (Wildman–Crippen LogP) is 6.14. The van der Waals surface area contributed by atoms with Crippen molar-refractivity contribution in [1.82, 2.24) is 4.68 Å². The average molecular weight is 521 g/mol. The van der Waals surface area contributed by atoms with Crippen LogP contribution < -0.4 is 14.9 Å². The number of aryl methyl sites for hydroxylation is 2. The van der Waals surface area contributed by atoms with Crippen LogP contribution in [-0.2, 0) is 4.79 Å². The summed E-state index contributed by atoms with van der Waals surface area (Å²) in [7, 11) is 0. The highest BCUT2D eigenvalue weighted by atomic mass is 32.1. The van der Waals surface area contributed by atoms with Crippen LogP contribution in [-0.4, -0.2) is 28.5 Å². The van der Waals surface area contributed by atoms with Gasteiger partial charge in [-0.3, -0.25) is 4.79 Å². The molecule has 0 aliphatic carbocycles.